The van der Waals surface area contributed by atoms with Crippen molar-refractivity contribution in [1.29, 1.82) is 5.26 Å². The summed E-state index contributed by atoms with van der Waals surface area (Å²) in [4.78, 5) is 3.99. The minimum atomic E-state index is -0.0274. The Morgan fingerprint density at radius 2 is 2.46 bits per heavy atom. The number of anilines is 1. The fraction of sp³-hybridized carbons (Fsp3) is 0.333. The van der Waals surface area contributed by atoms with Gasteiger partial charge in [0, 0.05) is 12.2 Å². The van der Waals surface area contributed by atoms with Crippen molar-refractivity contribution in [3.05, 3.63) is 23.9 Å². The van der Waals surface area contributed by atoms with E-state index < -0.39 is 0 Å². The molecule has 1 aromatic rings. The maximum Gasteiger partial charge on any atom is 0.126 e. The first kappa shape index (κ1) is 9.49. The van der Waals surface area contributed by atoms with E-state index >= 15 is 0 Å². The van der Waals surface area contributed by atoms with E-state index in [4.69, 9.17) is 10.4 Å². The molecule has 0 fully saturated rings. The second-order valence-corrected chi connectivity index (χ2v) is 2.77. The van der Waals surface area contributed by atoms with Crippen molar-refractivity contribution in [3.63, 3.8) is 0 Å². The van der Waals surface area contributed by atoms with Gasteiger partial charge in [-0.2, -0.15) is 5.26 Å². The van der Waals surface area contributed by atoms with Crippen LogP contribution in [0.3, 0.4) is 0 Å². The van der Waals surface area contributed by atoms with Crippen molar-refractivity contribution in [1.82, 2.24) is 4.98 Å². The molecule has 0 radical (unpaired) electrons. The van der Waals surface area contributed by atoms with Crippen molar-refractivity contribution in [2.75, 3.05) is 11.9 Å². The maximum atomic E-state index is 8.75. The molecule has 13 heavy (non-hydrogen) atoms. The first-order valence-electron chi connectivity index (χ1n) is 4.00. The Kier molecular flexibility index (Phi) is 3.23. The smallest absolute Gasteiger partial charge is 0.126 e. The van der Waals surface area contributed by atoms with Crippen LogP contribution in [0.25, 0.3) is 0 Å². The number of nitrogens with zero attached hydrogens (tertiary/aromatic N) is 2. The summed E-state index contributed by atoms with van der Waals surface area (Å²) < 4.78 is 0. The van der Waals surface area contributed by atoms with Crippen LogP contribution in [0.15, 0.2) is 18.3 Å². The molecule has 0 aliphatic carbocycles. The molecule has 1 unspecified atom stereocenters. The number of rotatable bonds is 3. The highest BCUT2D eigenvalue weighted by Gasteiger charge is 1.99. The van der Waals surface area contributed by atoms with Crippen LogP contribution in [0.4, 0.5) is 5.82 Å². The third-order valence-corrected chi connectivity index (χ3v) is 1.56. The van der Waals surface area contributed by atoms with Crippen molar-refractivity contribution in [3.8, 4) is 6.07 Å². The number of aromatic nitrogens is 1. The molecular formula is C9H11N3O. The quantitative estimate of drug-likeness (QED) is 0.714. The molecule has 0 amide bonds. The number of aliphatic hydroxyl groups excluding tert-OH is 1. The van der Waals surface area contributed by atoms with Crippen molar-refractivity contribution < 1.29 is 5.11 Å². The van der Waals surface area contributed by atoms with Gasteiger partial charge in [-0.15, -0.1) is 0 Å². The highest BCUT2D eigenvalue weighted by molar-refractivity contribution is 5.39. The zero-order chi connectivity index (χ0) is 9.68. The lowest BCUT2D eigenvalue weighted by molar-refractivity contribution is 0.281. The van der Waals surface area contributed by atoms with Crippen LogP contribution in [-0.2, 0) is 0 Å². The second kappa shape index (κ2) is 4.43. The average molecular weight is 177 g/mol. The lowest BCUT2D eigenvalue weighted by Crippen LogP contribution is -2.19. The zero-order valence-corrected chi connectivity index (χ0v) is 7.36. The molecule has 0 aliphatic heterocycles. The molecule has 68 valence electrons. The first-order valence-corrected chi connectivity index (χ1v) is 4.00. The van der Waals surface area contributed by atoms with Gasteiger partial charge >= 0.3 is 0 Å². The van der Waals surface area contributed by atoms with E-state index in [0.717, 1.165) is 0 Å². The SMILES string of the molecule is CC(CO)Nc1ccc(C#N)cn1. The Morgan fingerprint density at radius 1 is 1.69 bits per heavy atom. The molecule has 1 rings (SSSR count). The summed E-state index contributed by atoms with van der Waals surface area (Å²) in [5, 5.41) is 20.2. The van der Waals surface area contributed by atoms with E-state index in [1.54, 1.807) is 12.1 Å². The number of nitriles is 1. The Labute approximate surface area is 76.8 Å². The van der Waals surface area contributed by atoms with Crippen LogP contribution >= 0.6 is 0 Å². The monoisotopic (exact) mass is 177 g/mol. The van der Waals surface area contributed by atoms with Gasteiger partial charge in [0.2, 0.25) is 0 Å². The van der Waals surface area contributed by atoms with Crippen molar-refractivity contribution in [2.24, 2.45) is 0 Å². The van der Waals surface area contributed by atoms with Crippen molar-refractivity contribution in [2.45, 2.75) is 13.0 Å². The summed E-state index contributed by atoms with van der Waals surface area (Å²) in [7, 11) is 0. The molecule has 0 saturated heterocycles. The number of nitrogens with one attached hydrogen (secondary N) is 1. The fourth-order valence-corrected chi connectivity index (χ4v) is 0.843. The van der Waals surface area contributed by atoms with E-state index in [1.165, 1.54) is 6.20 Å². The van der Waals surface area contributed by atoms with Gasteiger partial charge in [0.1, 0.15) is 11.9 Å². The molecule has 4 heteroatoms. The minimum absolute atomic E-state index is 0.0274. The molecule has 1 aromatic heterocycles. The molecule has 0 saturated carbocycles. The van der Waals surface area contributed by atoms with Gasteiger partial charge in [-0.1, -0.05) is 0 Å². The Morgan fingerprint density at radius 3 is 2.92 bits per heavy atom. The zero-order valence-electron chi connectivity index (χ0n) is 7.36. The summed E-state index contributed by atoms with van der Waals surface area (Å²) in [6.45, 7) is 1.90. The third kappa shape index (κ3) is 2.73. The highest BCUT2D eigenvalue weighted by atomic mass is 16.3. The molecule has 0 spiro atoms. The van der Waals surface area contributed by atoms with Crippen molar-refractivity contribution >= 4 is 5.82 Å². The van der Waals surface area contributed by atoms with Gasteiger partial charge in [-0.25, -0.2) is 4.98 Å². The maximum absolute atomic E-state index is 8.75. The van der Waals surface area contributed by atoms with Crippen LogP contribution in [0, 0.1) is 11.3 Å². The average Bonchev–Trinajstić information content (AvgIpc) is 2.19. The fourth-order valence-electron chi connectivity index (χ4n) is 0.843. The number of hydrogen-bond acceptors (Lipinski definition) is 4. The normalized spacial score (nSPS) is 11.8. The van der Waals surface area contributed by atoms with Gasteiger partial charge < -0.3 is 10.4 Å². The van der Waals surface area contributed by atoms with E-state index in [0.29, 0.717) is 11.4 Å². The number of pyridine rings is 1. The molecule has 1 atom stereocenters. The van der Waals surface area contributed by atoms with Crippen LogP contribution < -0.4 is 5.32 Å². The van der Waals surface area contributed by atoms with E-state index in [9.17, 15) is 0 Å². The summed E-state index contributed by atoms with van der Waals surface area (Å²) >= 11 is 0. The molecule has 2 N–H and O–H groups in total. The van der Waals surface area contributed by atoms with Gasteiger partial charge in [-0.05, 0) is 19.1 Å². The Bertz CT molecular complexity index is 302. The molecule has 0 bridgehead atoms. The van der Waals surface area contributed by atoms with Crippen LogP contribution in [-0.4, -0.2) is 22.7 Å². The molecule has 1 heterocycles. The standard InChI is InChI=1S/C9H11N3O/c1-7(6-13)12-9-3-2-8(4-10)5-11-9/h2-3,5,7,13H,6H2,1H3,(H,11,12). The van der Waals surface area contributed by atoms with Gasteiger partial charge in [-0.3, -0.25) is 0 Å². The predicted molar refractivity (Wildman–Crippen MR) is 49.1 cm³/mol. The lowest BCUT2D eigenvalue weighted by Gasteiger charge is -2.10. The first-order chi connectivity index (χ1) is 6.26. The van der Waals surface area contributed by atoms with E-state index in [1.807, 2.05) is 13.0 Å². The van der Waals surface area contributed by atoms with Gasteiger partial charge in [0.15, 0.2) is 0 Å². The van der Waals surface area contributed by atoms with E-state index in [2.05, 4.69) is 10.3 Å². The lowest BCUT2D eigenvalue weighted by atomic mass is 10.3. The number of aliphatic hydroxyl groups is 1. The van der Waals surface area contributed by atoms with Crippen LogP contribution in [0.2, 0.25) is 0 Å². The molecule has 4 nitrogen and oxygen atoms in total. The summed E-state index contributed by atoms with van der Waals surface area (Å²) in [5.74, 6) is 0.667. The third-order valence-electron chi connectivity index (χ3n) is 1.56. The highest BCUT2D eigenvalue weighted by Crippen LogP contribution is 2.05. The molecular weight excluding hydrogens is 166 g/mol. The van der Waals surface area contributed by atoms with E-state index in [-0.39, 0.29) is 12.6 Å². The largest absolute Gasteiger partial charge is 0.394 e. The Balaban J connectivity index is 2.65. The predicted octanol–water partition coefficient (Wildman–Crippen LogP) is 0.746. The minimum Gasteiger partial charge on any atom is -0.394 e. The second-order valence-electron chi connectivity index (χ2n) is 2.77. The topological polar surface area (TPSA) is 68.9 Å². The molecule has 0 aromatic carbocycles. The van der Waals surface area contributed by atoms with Gasteiger partial charge in [0.05, 0.1) is 12.2 Å². The number of hydrogen-bond donors (Lipinski definition) is 2. The Hall–Kier alpha value is -1.60. The van der Waals surface area contributed by atoms with Gasteiger partial charge in [0.25, 0.3) is 0 Å². The van der Waals surface area contributed by atoms with Crippen LogP contribution in [0.1, 0.15) is 12.5 Å². The molecule has 0 aliphatic rings. The summed E-state index contributed by atoms with van der Waals surface area (Å²) in [6.07, 6.45) is 1.49. The summed E-state index contributed by atoms with van der Waals surface area (Å²) in [5.41, 5.74) is 0.530. The van der Waals surface area contributed by atoms with Crippen LogP contribution in [0.5, 0.6) is 0 Å². The summed E-state index contributed by atoms with van der Waals surface area (Å²) in [6, 6.07) is 5.35.